The van der Waals surface area contributed by atoms with E-state index < -0.39 is 10.8 Å². The third-order valence-electron chi connectivity index (χ3n) is 18.1. The molecule has 0 saturated heterocycles. The highest BCUT2D eigenvalue weighted by Gasteiger charge is 2.53. The van der Waals surface area contributed by atoms with Crippen LogP contribution < -0.4 is 9.80 Å². The predicted molar refractivity (Wildman–Crippen MR) is 327 cm³/mol. The first kappa shape index (κ1) is 45.4. The van der Waals surface area contributed by atoms with Gasteiger partial charge in [0.2, 0.25) is 0 Å². The minimum Gasteiger partial charge on any atom is -0.310 e. The summed E-state index contributed by atoms with van der Waals surface area (Å²) in [6, 6.07) is 110. The van der Waals surface area contributed by atoms with Gasteiger partial charge in [-0.25, -0.2) is 0 Å². The third kappa shape index (κ3) is 6.23. The average molecular weight is 1010 g/mol. The smallest absolute Gasteiger partial charge is 0.0734 e. The van der Waals surface area contributed by atoms with Crippen LogP contribution >= 0.6 is 0 Å². The Morgan fingerprint density at radius 3 is 1.06 bits per heavy atom. The first-order valence-corrected chi connectivity index (χ1v) is 27.8. The lowest BCUT2D eigenvalue weighted by molar-refractivity contribution is 0.660. The van der Waals surface area contributed by atoms with Crippen molar-refractivity contribution in [2.45, 2.75) is 30.1 Å². The number of rotatable bonds is 8. The Bertz CT molecular complexity index is 4310. The van der Waals surface area contributed by atoms with E-state index in [-0.39, 0.29) is 5.41 Å². The van der Waals surface area contributed by atoms with E-state index in [9.17, 15) is 0 Å². The van der Waals surface area contributed by atoms with Crippen molar-refractivity contribution >= 4 is 34.1 Å². The molecule has 1 spiro atoms. The zero-order valence-electron chi connectivity index (χ0n) is 44.1. The van der Waals surface area contributed by atoms with Crippen molar-refractivity contribution < 1.29 is 0 Å². The normalized spacial score (nSPS) is 15.7. The molecule has 2 nitrogen and oxygen atoms in total. The van der Waals surface area contributed by atoms with Gasteiger partial charge in [-0.1, -0.05) is 238 Å². The molecule has 12 aromatic carbocycles. The zero-order chi connectivity index (χ0) is 52.5. The number of anilines is 6. The van der Waals surface area contributed by atoms with Crippen LogP contribution in [0.15, 0.2) is 291 Å². The molecule has 1 unspecified atom stereocenters. The standard InChI is InChI=1S/C77H54N2/c1-75(2)66-37-19-15-32-58(66)62-45-43-56(48-70(62)75)79(73-41-23-36-65-61-35-18-20-38-67(61)76(74(65)73,51-24-7-3-8-25-51)52-26-9-4-10-27-52)57-44-47-64-60-34-17-22-40-69(60)77(72(64)50-57)68-39-21-16-33-59(68)63-46-42-55(49-71(63)77)78(53-28-11-5-12-29-53)54-30-13-6-14-31-54/h3-50H,1-2H3. The molecule has 0 bridgehead atoms. The number of hydrogen-bond acceptors (Lipinski definition) is 2. The Morgan fingerprint density at radius 1 is 0.228 bits per heavy atom. The second-order valence-corrected chi connectivity index (χ2v) is 22.3. The third-order valence-corrected chi connectivity index (χ3v) is 18.1. The molecule has 0 aromatic heterocycles. The maximum absolute atomic E-state index is 2.62. The van der Waals surface area contributed by atoms with Gasteiger partial charge in [0.05, 0.1) is 16.5 Å². The van der Waals surface area contributed by atoms with Gasteiger partial charge < -0.3 is 9.80 Å². The monoisotopic (exact) mass is 1010 g/mol. The lowest BCUT2D eigenvalue weighted by Gasteiger charge is -2.38. The number of hydrogen-bond donors (Lipinski definition) is 0. The summed E-state index contributed by atoms with van der Waals surface area (Å²) < 4.78 is 0. The summed E-state index contributed by atoms with van der Waals surface area (Å²) in [5.41, 5.74) is 28.4. The molecular formula is C77H54N2. The molecule has 2 heteroatoms. The van der Waals surface area contributed by atoms with Crippen molar-refractivity contribution in [3.8, 4) is 44.5 Å². The number of fused-ring (bicyclic) bond motifs is 16. The predicted octanol–water partition coefficient (Wildman–Crippen LogP) is 19.6. The number of para-hydroxylation sites is 2. The summed E-state index contributed by atoms with van der Waals surface area (Å²) in [5, 5.41) is 0. The highest BCUT2D eigenvalue weighted by atomic mass is 15.2. The fourth-order valence-electron chi connectivity index (χ4n) is 14.9. The molecule has 16 rings (SSSR count). The molecule has 0 radical (unpaired) electrons. The lowest BCUT2D eigenvalue weighted by Crippen LogP contribution is -2.30. The number of benzene rings is 12. The van der Waals surface area contributed by atoms with Crippen molar-refractivity contribution in [1.29, 1.82) is 0 Å². The van der Waals surface area contributed by atoms with Crippen LogP contribution in [0.25, 0.3) is 44.5 Å². The summed E-state index contributed by atoms with van der Waals surface area (Å²) in [4.78, 5) is 5.02. The van der Waals surface area contributed by atoms with E-state index in [0.29, 0.717) is 0 Å². The number of nitrogens with zero attached hydrogens (tertiary/aromatic N) is 2. The van der Waals surface area contributed by atoms with E-state index in [0.717, 1.165) is 34.1 Å². The summed E-state index contributed by atoms with van der Waals surface area (Å²) in [7, 11) is 0. The maximum atomic E-state index is 2.62. The van der Waals surface area contributed by atoms with Crippen LogP contribution in [0.5, 0.6) is 0 Å². The molecule has 4 aliphatic carbocycles. The van der Waals surface area contributed by atoms with E-state index in [1.165, 1.54) is 100 Å². The van der Waals surface area contributed by atoms with Crippen LogP contribution in [0, 0.1) is 0 Å². The molecule has 0 amide bonds. The van der Waals surface area contributed by atoms with Crippen molar-refractivity contribution in [3.63, 3.8) is 0 Å². The van der Waals surface area contributed by atoms with Gasteiger partial charge in [-0.2, -0.15) is 0 Å². The molecule has 0 N–H and O–H groups in total. The lowest BCUT2D eigenvalue weighted by atomic mass is 9.67. The second-order valence-electron chi connectivity index (χ2n) is 22.3. The fourth-order valence-corrected chi connectivity index (χ4v) is 14.9. The first-order chi connectivity index (χ1) is 39.0. The van der Waals surface area contributed by atoms with Crippen LogP contribution in [0.4, 0.5) is 34.1 Å². The molecule has 79 heavy (non-hydrogen) atoms. The molecule has 372 valence electrons. The van der Waals surface area contributed by atoms with Gasteiger partial charge in [0.1, 0.15) is 0 Å². The van der Waals surface area contributed by atoms with Gasteiger partial charge in [-0.15, -0.1) is 0 Å². The van der Waals surface area contributed by atoms with E-state index in [4.69, 9.17) is 0 Å². The first-order valence-electron chi connectivity index (χ1n) is 27.8. The maximum Gasteiger partial charge on any atom is 0.0734 e. The van der Waals surface area contributed by atoms with Crippen LogP contribution in [-0.4, -0.2) is 0 Å². The van der Waals surface area contributed by atoms with Crippen LogP contribution in [0.2, 0.25) is 0 Å². The van der Waals surface area contributed by atoms with Gasteiger partial charge in [0.25, 0.3) is 0 Å². The van der Waals surface area contributed by atoms with Crippen LogP contribution in [0.1, 0.15) is 69.5 Å². The molecule has 0 heterocycles. The Hall–Kier alpha value is -9.76. The van der Waals surface area contributed by atoms with Gasteiger partial charge >= 0.3 is 0 Å². The second kappa shape index (κ2) is 17.1. The Kier molecular flexibility index (Phi) is 9.85. The molecule has 0 aliphatic heterocycles. The van der Waals surface area contributed by atoms with Crippen molar-refractivity contribution in [1.82, 2.24) is 0 Å². The van der Waals surface area contributed by atoms with E-state index in [1.54, 1.807) is 0 Å². The van der Waals surface area contributed by atoms with Gasteiger partial charge in [-0.3, -0.25) is 0 Å². The Labute approximate surface area is 462 Å². The fraction of sp³-hybridized carbons (Fsp3) is 0.0649. The van der Waals surface area contributed by atoms with Gasteiger partial charge in [0, 0.05) is 39.4 Å². The summed E-state index contributed by atoms with van der Waals surface area (Å²) in [6.07, 6.45) is 0. The van der Waals surface area contributed by atoms with E-state index >= 15 is 0 Å². The summed E-state index contributed by atoms with van der Waals surface area (Å²) in [6.45, 7) is 4.80. The molecule has 4 aliphatic rings. The van der Waals surface area contributed by atoms with Crippen molar-refractivity contribution in [3.05, 3.63) is 347 Å². The molecule has 12 aromatic rings. The average Bonchev–Trinajstić information content (AvgIpc) is 3.27. The molecule has 0 fully saturated rings. The van der Waals surface area contributed by atoms with Crippen LogP contribution in [-0.2, 0) is 16.2 Å². The largest absolute Gasteiger partial charge is 0.310 e. The van der Waals surface area contributed by atoms with Crippen LogP contribution in [0.3, 0.4) is 0 Å². The Morgan fingerprint density at radius 2 is 0.570 bits per heavy atom. The highest BCUT2D eigenvalue weighted by molar-refractivity contribution is 6.00. The van der Waals surface area contributed by atoms with Crippen molar-refractivity contribution in [2.24, 2.45) is 0 Å². The minimum atomic E-state index is -0.646. The highest BCUT2D eigenvalue weighted by Crippen LogP contribution is 2.65. The molecule has 1 atom stereocenters. The molecular weight excluding hydrogens is 953 g/mol. The van der Waals surface area contributed by atoms with Crippen molar-refractivity contribution in [2.75, 3.05) is 9.80 Å². The van der Waals surface area contributed by atoms with Gasteiger partial charge in [-0.05, 0) is 161 Å². The topological polar surface area (TPSA) is 6.48 Å². The summed E-state index contributed by atoms with van der Waals surface area (Å²) >= 11 is 0. The van der Waals surface area contributed by atoms with E-state index in [2.05, 4.69) is 315 Å². The Balaban J connectivity index is 0.995. The summed E-state index contributed by atoms with van der Waals surface area (Å²) in [5.74, 6) is 0. The SMILES string of the molecule is CC1(C)c2ccccc2-c2ccc(N(c3ccc4c(c3)C3(c5ccccc5-c5ccc(N(c6ccccc6)c6ccccc6)cc53)c3ccccc3-4)c3cccc4c3C(c3ccccc3)(c3ccccc3)c3ccccc3-4)cc21. The van der Waals surface area contributed by atoms with Gasteiger partial charge in [0.15, 0.2) is 0 Å². The minimum absolute atomic E-state index is 0.216. The zero-order valence-corrected chi connectivity index (χ0v) is 44.1. The quantitative estimate of drug-likeness (QED) is 0.150. The molecule has 0 saturated carbocycles. The van der Waals surface area contributed by atoms with E-state index in [1.807, 2.05) is 0 Å².